The molecule has 1 aromatic heterocycles. The van der Waals surface area contributed by atoms with E-state index in [2.05, 4.69) is 27.8 Å². The average molecular weight is 262 g/mol. The van der Waals surface area contributed by atoms with Gasteiger partial charge in [-0.3, -0.25) is 0 Å². The monoisotopic (exact) mass is 262 g/mol. The Morgan fingerprint density at radius 3 is 2.89 bits per heavy atom. The predicted octanol–water partition coefficient (Wildman–Crippen LogP) is 2.94. The van der Waals surface area contributed by atoms with E-state index in [-0.39, 0.29) is 0 Å². The lowest BCUT2D eigenvalue weighted by atomic mass is 10.2. The Bertz CT molecular complexity index is 456. The van der Waals surface area contributed by atoms with Crippen LogP contribution in [-0.2, 0) is 11.3 Å². The molecule has 0 fully saturated rings. The van der Waals surface area contributed by atoms with Crippen molar-refractivity contribution in [1.82, 2.24) is 10.3 Å². The molecule has 0 aliphatic heterocycles. The maximum atomic E-state index is 5.27. The van der Waals surface area contributed by atoms with Crippen molar-refractivity contribution >= 4 is 11.3 Å². The van der Waals surface area contributed by atoms with Gasteiger partial charge in [0, 0.05) is 30.6 Å². The van der Waals surface area contributed by atoms with Gasteiger partial charge in [-0.05, 0) is 6.92 Å². The molecule has 0 aliphatic carbocycles. The van der Waals surface area contributed by atoms with E-state index in [1.54, 1.807) is 11.3 Å². The molecule has 0 saturated heterocycles. The first-order valence-corrected chi connectivity index (χ1v) is 7.06. The summed E-state index contributed by atoms with van der Waals surface area (Å²) in [6, 6.07) is 10.3. The maximum absolute atomic E-state index is 5.27. The summed E-state index contributed by atoms with van der Waals surface area (Å²) in [5, 5.41) is 6.55. The van der Waals surface area contributed by atoms with E-state index >= 15 is 0 Å². The fourth-order valence-electron chi connectivity index (χ4n) is 1.62. The zero-order chi connectivity index (χ0) is 12.6. The number of aromatic nitrogens is 1. The minimum absolute atomic E-state index is 0.757. The molecule has 0 aliphatic rings. The Morgan fingerprint density at radius 1 is 1.28 bits per heavy atom. The molecule has 0 amide bonds. The lowest BCUT2D eigenvalue weighted by Gasteiger charge is -2.02. The molecular weight excluding hydrogens is 244 g/mol. The van der Waals surface area contributed by atoms with Crippen LogP contribution in [-0.4, -0.2) is 24.7 Å². The molecule has 0 saturated carbocycles. The van der Waals surface area contributed by atoms with E-state index in [1.165, 1.54) is 5.56 Å². The van der Waals surface area contributed by atoms with E-state index in [9.17, 15) is 0 Å². The minimum Gasteiger partial charge on any atom is -0.380 e. The summed E-state index contributed by atoms with van der Waals surface area (Å²) in [7, 11) is 0. The van der Waals surface area contributed by atoms with E-state index in [4.69, 9.17) is 4.74 Å². The summed E-state index contributed by atoms with van der Waals surface area (Å²) in [6.07, 6.45) is 0. The molecule has 0 atom stereocenters. The minimum atomic E-state index is 0.757. The van der Waals surface area contributed by atoms with Crippen LogP contribution in [0.2, 0.25) is 0 Å². The summed E-state index contributed by atoms with van der Waals surface area (Å²) >= 11 is 1.69. The summed E-state index contributed by atoms with van der Waals surface area (Å²) in [6.45, 7) is 5.22. The molecule has 0 radical (unpaired) electrons. The molecular formula is C14H18N2OS. The largest absolute Gasteiger partial charge is 0.380 e. The topological polar surface area (TPSA) is 34.1 Å². The van der Waals surface area contributed by atoms with Gasteiger partial charge in [0.1, 0.15) is 5.01 Å². The van der Waals surface area contributed by atoms with Crippen LogP contribution in [0.4, 0.5) is 0 Å². The van der Waals surface area contributed by atoms with Gasteiger partial charge in [0.05, 0.1) is 12.3 Å². The van der Waals surface area contributed by atoms with Gasteiger partial charge in [-0.1, -0.05) is 30.3 Å². The van der Waals surface area contributed by atoms with Gasteiger partial charge in [-0.15, -0.1) is 11.3 Å². The maximum Gasteiger partial charge on any atom is 0.107 e. The third-order valence-corrected chi connectivity index (χ3v) is 3.37. The second-order valence-electron chi connectivity index (χ2n) is 3.87. The Kier molecular flexibility index (Phi) is 5.33. The van der Waals surface area contributed by atoms with Gasteiger partial charge in [0.25, 0.3) is 0 Å². The zero-order valence-electron chi connectivity index (χ0n) is 10.6. The zero-order valence-corrected chi connectivity index (χ0v) is 11.4. The van der Waals surface area contributed by atoms with E-state index < -0.39 is 0 Å². The Labute approximate surface area is 112 Å². The van der Waals surface area contributed by atoms with Crippen LogP contribution in [0.3, 0.4) is 0 Å². The highest BCUT2D eigenvalue weighted by Crippen LogP contribution is 2.21. The second kappa shape index (κ2) is 7.26. The standard InChI is InChI=1S/C14H18N2OS/c1-2-17-9-8-15-10-14-16-13(11-18-14)12-6-4-3-5-7-12/h3-7,11,15H,2,8-10H2,1H3. The normalized spacial score (nSPS) is 10.7. The summed E-state index contributed by atoms with van der Waals surface area (Å²) < 4.78 is 5.27. The fourth-order valence-corrected chi connectivity index (χ4v) is 2.39. The highest BCUT2D eigenvalue weighted by molar-refractivity contribution is 7.09. The summed E-state index contributed by atoms with van der Waals surface area (Å²) in [4.78, 5) is 4.61. The molecule has 0 unspecified atom stereocenters. The number of thiazole rings is 1. The third-order valence-electron chi connectivity index (χ3n) is 2.52. The number of ether oxygens (including phenoxy) is 1. The van der Waals surface area contributed by atoms with Crippen molar-refractivity contribution in [2.24, 2.45) is 0 Å². The molecule has 1 aromatic carbocycles. The number of nitrogens with zero attached hydrogens (tertiary/aromatic N) is 1. The van der Waals surface area contributed by atoms with Crippen LogP contribution in [0.25, 0.3) is 11.3 Å². The quantitative estimate of drug-likeness (QED) is 0.779. The van der Waals surface area contributed by atoms with Crippen molar-refractivity contribution in [3.8, 4) is 11.3 Å². The molecule has 3 nitrogen and oxygen atoms in total. The van der Waals surface area contributed by atoms with Gasteiger partial charge in [0.2, 0.25) is 0 Å². The lowest BCUT2D eigenvalue weighted by molar-refractivity contribution is 0.149. The Morgan fingerprint density at radius 2 is 2.11 bits per heavy atom. The van der Waals surface area contributed by atoms with Crippen LogP contribution in [0.15, 0.2) is 35.7 Å². The number of rotatable bonds is 7. The summed E-state index contributed by atoms with van der Waals surface area (Å²) in [5.74, 6) is 0. The number of nitrogens with one attached hydrogen (secondary N) is 1. The lowest BCUT2D eigenvalue weighted by Crippen LogP contribution is -2.19. The molecule has 0 bridgehead atoms. The van der Waals surface area contributed by atoms with Crippen molar-refractivity contribution < 1.29 is 4.74 Å². The van der Waals surface area contributed by atoms with E-state index in [0.717, 1.165) is 37.0 Å². The fraction of sp³-hybridized carbons (Fsp3) is 0.357. The first-order chi connectivity index (χ1) is 8.90. The third kappa shape index (κ3) is 3.91. The summed E-state index contributed by atoms with van der Waals surface area (Å²) in [5.41, 5.74) is 2.23. The van der Waals surface area contributed by atoms with Crippen LogP contribution in [0.5, 0.6) is 0 Å². The van der Waals surface area contributed by atoms with Gasteiger partial charge < -0.3 is 10.1 Å². The Balaban J connectivity index is 1.83. The molecule has 4 heteroatoms. The van der Waals surface area contributed by atoms with Crippen molar-refractivity contribution in [2.75, 3.05) is 19.8 Å². The number of hydrogen-bond donors (Lipinski definition) is 1. The van der Waals surface area contributed by atoms with Crippen LogP contribution >= 0.6 is 11.3 Å². The van der Waals surface area contributed by atoms with Crippen LogP contribution < -0.4 is 5.32 Å². The first-order valence-electron chi connectivity index (χ1n) is 6.18. The van der Waals surface area contributed by atoms with Crippen molar-refractivity contribution in [3.05, 3.63) is 40.7 Å². The van der Waals surface area contributed by atoms with Crippen LogP contribution in [0.1, 0.15) is 11.9 Å². The van der Waals surface area contributed by atoms with Crippen molar-refractivity contribution in [3.63, 3.8) is 0 Å². The second-order valence-corrected chi connectivity index (χ2v) is 4.81. The van der Waals surface area contributed by atoms with E-state index in [0.29, 0.717) is 0 Å². The first kappa shape index (κ1) is 13.2. The molecule has 1 N–H and O–H groups in total. The number of benzene rings is 1. The van der Waals surface area contributed by atoms with Gasteiger partial charge in [-0.25, -0.2) is 4.98 Å². The molecule has 18 heavy (non-hydrogen) atoms. The highest BCUT2D eigenvalue weighted by Gasteiger charge is 2.03. The highest BCUT2D eigenvalue weighted by atomic mass is 32.1. The Hall–Kier alpha value is -1.23. The SMILES string of the molecule is CCOCCNCc1nc(-c2ccccc2)cs1. The average Bonchev–Trinajstić information content (AvgIpc) is 2.88. The van der Waals surface area contributed by atoms with E-state index in [1.807, 2.05) is 25.1 Å². The molecule has 0 spiro atoms. The van der Waals surface area contributed by atoms with Crippen LogP contribution in [0, 0.1) is 0 Å². The molecule has 2 aromatic rings. The van der Waals surface area contributed by atoms with Crippen molar-refractivity contribution in [1.29, 1.82) is 0 Å². The number of hydrogen-bond acceptors (Lipinski definition) is 4. The molecule has 1 heterocycles. The van der Waals surface area contributed by atoms with Gasteiger partial charge in [-0.2, -0.15) is 0 Å². The predicted molar refractivity (Wildman–Crippen MR) is 75.7 cm³/mol. The smallest absolute Gasteiger partial charge is 0.107 e. The van der Waals surface area contributed by atoms with Crippen molar-refractivity contribution in [2.45, 2.75) is 13.5 Å². The molecule has 96 valence electrons. The molecule has 2 rings (SSSR count). The van der Waals surface area contributed by atoms with Gasteiger partial charge in [0.15, 0.2) is 0 Å². The van der Waals surface area contributed by atoms with Gasteiger partial charge >= 0.3 is 0 Å².